The van der Waals surface area contributed by atoms with Gasteiger partial charge in [0.15, 0.2) is 0 Å². The molecule has 7 nitrogen and oxygen atoms in total. The van der Waals surface area contributed by atoms with Gasteiger partial charge in [0.2, 0.25) is 11.1 Å². The molecule has 0 saturated heterocycles. The van der Waals surface area contributed by atoms with Gasteiger partial charge in [-0.1, -0.05) is 23.4 Å². The first-order valence-electron chi connectivity index (χ1n) is 7.72. The van der Waals surface area contributed by atoms with Gasteiger partial charge in [-0.05, 0) is 65.9 Å². The van der Waals surface area contributed by atoms with E-state index >= 15 is 0 Å². The number of nitrogens with one attached hydrogen (secondary N) is 1. The quantitative estimate of drug-likeness (QED) is 0.650. The van der Waals surface area contributed by atoms with Crippen LogP contribution in [0.25, 0.3) is 5.69 Å². The number of amides is 1. The maximum absolute atomic E-state index is 12.4. The largest absolute Gasteiger partial charge is 0.497 e. The van der Waals surface area contributed by atoms with E-state index in [9.17, 15) is 4.79 Å². The molecule has 3 aromatic rings. The second-order valence-corrected chi connectivity index (χ2v) is 7.07. The summed E-state index contributed by atoms with van der Waals surface area (Å²) >= 11 is 7.12. The third-order valence-electron chi connectivity index (χ3n) is 3.52. The Balaban J connectivity index is 1.69. The van der Waals surface area contributed by atoms with Gasteiger partial charge in [0.05, 0.1) is 18.0 Å². The fourth-order valence-corrected chi connectivity index (χ4v) is 3.06. The van der Waals surface area contributed by atoms with Crippen LogP contribution in [0.1, 0.15) is 6.92 Å². The van der Waals surface area contributed by atoms with Crippen molar-refractivity contribution in [2.75, 3.05) is 12.4 Å². The molecule has 9 heteroatoms. The molecule has 0 saturated carbocycles. The van der Waals surface area contributed by atoms with Crippen LogP contribution in [0.4, 0.5) is 5.69 Å². The molecule has 134 valence electrons. The third kappa shape index (κ3) is 4.33. The van der Waals surface area contributed by atoms with Crippen LogP contribution in [0, 0.1) is 0 Å². The molecule has 1 heterocycles. The Morgan fingerprint density at radius 3 is 2.54 bits per heavy atom. The minimum absolute atomic E-state index is 0.151. The summed E-state index contributed by atoms with van der Waals surface area (Å²) in [6.45, 7) is 1.79. The molecule has 1 N–H and O–H groups in total. The Labute approximate surface area is 159 Å². The second kappa shape index (κ2) is 8.20. The van der Waals surface area contributed by atoms with Crippen molar-refractivity contribution in [2.45, 2.75) is 17.3 Å². The van der Waals surface area contributed by atoms with Crippen LogP contribution in [-0.2, 0) is 4.79 Å². The number of methoxy groups -OCH3 is 1. The fraction of sp³-hybridized carbons (Fsp3) is 0.176. The summed E-state index contributed by atoms with van der Waals surface area (Å²) in [5.41, 5.74) is 1.46. The van der Waals surface area contributed by atoms with Crippen molar-refractivity contribution in [1.29, 1.82) is 0 Å². The van der Waals surface area contributed by atoms with Crippen LogP contribution >= 0.6 is 23.4 Å². The molecule has 3 rings (SSSR count). The van der Waals surface area contributed by atoms with Gasteiger partial charge in [0, 0.05) is 10.7 Å². The van der Waals surface area contributed by atoms with Crippen LogP contribution in [0.3, 0.4) is 0 Å². The number of anilines is 1. The molecule has 0 spiro atoms. The van der Waals surface area contributed by atoms with Crippen LogP contribution in [0.5, 0.6) is 5.75 Å². The lowest BCUT2D eigenvalue weighted by Crippen LogP contribution is -2.22. The Kier molecular flexibility index (Phi) is 5.75. The number of hydrogen-bond acceptors (Lipinski definition) is 6. The van der Waals surface area contributed by atoms with E-state index in [0.29, 0.717) is 15.9 Å². The van der Waals surface area contributed by atoms with Gasteiger partial charge in [-0.25, -0.2) is 0 Å². The zero-order valence-electron chi connectivity index (χ0n) is 14.1. The van der Waals surface area contributed by atoms with Gasteiger partial charge in [-0.15, -0.1) is 5.10 Å². The van der Waals surface area contributed by atoms with Gasteiger partial charge in [-0.2, -0.15) is 4.68 Å². The number of thioether (sulfide) groups is 1. The Hall–Kier alpha value is -2.58. The van der Waals surface area contributed by atoms with Crippen molar-refractivity contribution >= 4 is 35.0 Å². The topological polar surface area (TPSA) is 81.9 Å². The number of tetrazole rings is 1. The van der Waals surface area contributed by atoms with E-state index in [4.69, 9.17) is 16.3 Å². The summed E-state index contributed by atoms with van der Waals surface area (Å²) in [5.74, 6) is 0.591. The average molecular weight is 390 g/mol. The van der Waals surface area contributed by atoms with Gasteiger partial charge < -0.3 is 10.1 Å². The van der Waals surface area contributed by atoms with Gasteiger partial charge in [0.25, 0.3) is 0 Å². The smallest absolute Gasteiger partial charge is 0.237 e. The monoisotopic (exact) mass is 389 g/mol. The third-order valence-corrected chi connectivity index (χ3v) is 4.81. The summed E-state index contributed by atoms with van der Waals surface area (Å²) in [7, 11) is 1.61. The highest BCUT2D eigenvalue weighted by Crippen LogP contribution is 2.25. The van der Waals surface area contributed by atoms with Crippen molar-refractivity contribution in [1.82, 2.24) is 20.2 Å². The number of hydrogen-bond donors (Lipinski definition) is 1. The van der Waals surface area contributed by atoms with E-state index in [1.807, 2.05) is 24.3 Å². The first-order chi connectivity index (χ1) is 12.6. The van der Waals surface area contributed by atoms with Crippen LogP contribution < -0.4 is 10.1 Å². The van der Waals surface area contributed by atoms with E-state index < -0.39 is 5.25 Å². The molecule has 2 aromatic carbocycles. The molecule has 0 aliphatic heterocycles. The minimum atomic E-state index is -0.395. The van der Waals surface area contributed by atoms with Crippen LogP contribution in [-0.4, -0.2) is 38.5 Å². The molecule has 1 atom stereocenters. The summed E-state index contributed by atoms with van der Waals surface area (Å²) in [5, 5.41) is 15.3. The maximum atomic E-state index is 12.4. The predicted octanol–water partition coefficient (Wildman–Crippen LogP) is 3.44. The highest BCUT2D eigenvalue weighted by molar-refractivity contribution is 8.00. The molecule has 0 bridgehead atoms. The summed E-state index contributed by atoms with van der Waals surface area (Å²) in [6, 6.07) is 14.3. The zero-order valence-corrected chi connectivity index (χ0v) is 15.7. The number of rotatable bonds is 6. The zero-order chi connectivity index (χ0) is 18.5. The molecule has 0 aliphatic rings. The van der Waals surface area contributed by atoms with Gasteiger partial charge in [-0.3, -0.25) is 4.79 Å². The molecule has 0 fully saturated rings. The molecule has 1 aromatic heterocycles. The number of carbonyl (C=O) groups excluding carboxylic acids is 1. The van der Waals surface area contributed by atoms with Crippen molar-refractivity contribution in [3.05, 3.63) is 53.6 Å². The van der Waals surface area contributed by atoms with Crippen molar-refractivity contribution in [3.8, 4) is 11.4 Å². The van der Waals surface area contributed by atoms with E-state index in [0.717, 1.165) is 11.4 Å². The van der Waals surface area contributed by atoms with E-state index in [1.54, 1.807) is 43.0 Å². The first-order valence-corrected chi connectivity index (χ1v) is 8.98. The van der Waals surface area contributed by atoms with Crippen molar-refractivity contribution < 1.29 is 9.53 Å². The maximum Gasteiger partial charge on any atom is 0.237 e. The SMILES string of the molecule is COc1ccc(-n2nnnc2S[C@H](C)C(=O)Nc2ccc(Cl)cc2)cc1. The second-order valence-electron chi connectivity index (χ2n) is 5.33. The molecule has 0 radical (unpaired) electrons. The lowest BCUT2D eigenvalue weighted by atomic mass is 10.3. The lowest BCUT2D eigenvalue weighted by Gasteiger charge is -2.12. The average Bonchev–Trinajstić information content (AvgIpc) is 3.11. The number of aromatic nitrogens is 4. The van der Waals surface area contributed by atoms with E-state index in [-0.39, 0.29) is 5.91 Å². The Morgan fingerprint density at radius 1 is 1.19 bits per heavy atom. The van der Waals surface area contributed by atoms with E-state index in [1.165, 1.54) is 11.8 Å². The van der Waals surface area contributed by atoms with E-state index in [2.05, 4.69) is 20.8 Å². The predicted molar refractivity (Wildman–Crippen MR) is 101 cm³/mol. The van der Waals surface area contributed by atoms with Crippen molar-refractivity contribution in [2.24, 2.45) is 0 Å². The fourth-order valence-electron chi connectivity index (χ4n) is 2.13. The Bertz CT molecular complexity index is 883. The number of benzene rings is 2. The molecule has 1 amide bonds. The molecule has 0 unspecified atom stereocenters. The lowest BCUT2D eigenvalue weighted by molar-refractivity contribution is -0.115. The molecular weight excluding hydrogens is 374 g/mol. The molecular formula is C17H16ClN5O2S. The molecule has 26 heavy (non-hydrogen) atoms. The highest BCUT2D eigenvalue weighted by Gasteiger charge is 2.19. The number of halogens is 1. The Morgan fingerprint density at radius 2 is 1.88 bits per heavy atom. The van der Waals surface area contributed by atoms with Crippen molar-refractivity contribution in [3.63, 3.8) is 0 Å². The van der Waals surface area contributed by atoms with Gasteiger partial charge >= 0.3 is 0 Å². The van der Waals surface area contributed by atoms with Crippen LogP contribution in [0.2, 0.25) is 5.02 Å². The number of nitrogens with zero attached hydrogens (tertiary/aromatic N) is 4. The standard InChI is InChI=1S/C17H16ClN5O2S/c1-11(16(24)19-13-5-3-12(18)4-6-13)26-17-20-21-22-23(17)14-7-9-15(25-2)10-8-14/h3-11H,1-2H3,(H,19,24)/t11-/m1/s1. The summed E-state index contributed by atoms with van der Waals surface area (Å²) in [4.78, 5) is 12.4. The minimum Gasteiger partial charge on any atom is -0.497 e. The van der Waals surface area contributed by atoms with Crippen LogP contribution in [0.15, 0.2) is 53.7 Å². The molecule has 0 aliphatic carbocycles. The first kappa shape index (κ1) is 18.2. The highest BCUT2D eigenvalue weighted by atomic mass is 35.5. The number of carbonyl (C=O) groups is 1. The summed E-state index contributed by atoms with van der Waals surface area (Å²) in [6.07, 6.45) is 0. The number of ether oxygens (including phenoxy) is 1. The summed E-state index contributed by atoms with van der Waals surface area (Å²) < 4.78 is 6.73. The van der Waals surface area contributed by atoms with Gasteiger partial charge in [0.1, 0.15) is 5.75 Å². The normalized spacial score (nSPS) is 11.8.